The van der Waals surface area contributed by atoms with Gasteiger partial charge in [-0.25, -0.2) is 4.39 Å². The van der Waals surface area contributed by atoms with E-state index in [4.69, 9.17) is 0 Å². The first-order valence-electron chi connectivity index (χ1n) is 6.23. The molecule has 5 heteroatoms. The first-order chi connectivity index (χ1) is 9.15. The number of pyridine rings is 1. The summed E-state index contributed by atoms with van der Waals surface area (Å²) in [6, 6.07) is 4.21. The molecule has 1 aromatic carbocycles. The SMILES string of the molecule is CCCCNC(=O)c1c[nH]c2c(F)cccc2c1=O. The Labute approximate surface area is 109 Å². The van der Waals surface area contributed by atoms with Gasteiger partial charge in [0.25, 0.3) is 5.91 Å². The van der Waals surface area contributed by atoms with Gasteiger partial charge in [0, 0.05) is 18.1 Å². The lowest BCUT2D eigenvalue weighted by Gasteiger charge is -2.05. The number of hydrogen-bond donors (Lipinski definition) is 2. The lowest BCUT2D eigenvalue weighted by Crippen LogP contribution is -2.29. The van der Waals surface area contributed by atoms with Gasteiger partial charge in [-0.1, -0.05) is 19.4 Å². The summed E-state index contributed by atoms with van der Waals surface area (Å²) in [4.78, 5) is 26.6. The third-order valence-corrected chi connectivity index (χ3v) is 2.92. The Balaban J connectivity index is 2.38. The van der Waals surface area contributed by atoms with Crippen LogP contribution in [0.2, 0.25) is 0 Å². The normalized spacial score (nSPS) is 10.6. The number of hydrogen-bond acceptors (Lipinski definition) is 2. The number of amides is 1. The Morgan fingerprint density at radius 3 is 2.95 bits per heavy atom. The highest BCUT2D eigenvalue weighted by molar-refractivity contribution is 5.97. The summed E-state index contributed by atoms with van der Waals surface area (Å²) in [6.45, 7) is 2.54. The van der Waals surface area contributed by atoms with Crippen molar-refractivity contribution in [1.29, 1.82) is 0 Å². The van der Waals surface area contributed by atoms with Crippen LogP contribution in [0.3, 0.4) is 0 Å². The highest BCUT2D eigenvalue weighted by Gasteiger charge is 2.13. The van der Waals surface area contributed by atoms with E-state index in [1.54, 1.807) is 0 Å². The Morgan fingerprint density at radius 2 is 2.21 bits per heavy atom. The van der Waals surface area contributed by atoms with Gasteiger partial charge in [0.05, 0.1) is 5.52 Å². The number of nitrogens with one attached hydrogen (secondary N) is 2. The van der Waals surface area contributed by atoms with Gasteiger partial charge in [-0.2, -0.15) is 0 Å². The van der Waals surface area contributed by atoms with E-state index in [9.17, 15) is 14.0 Å². The highest BCUT2D eigenvalue weighted by Crippen LogP contribution is 2.11. The van der Waals surface area contributed by atoms with Crippen molar-refractivity contribution in [2.24, 2.45) is 0 Å². The molecule has 4 nitrogen and oxygen atoms in total. The van der Waals surface area contributed by atoms with Crippen molar-refractivity contribution < 1.29 is 9.18 Å². The van der Waals surface area contributed by atoms with Crippen molar-refractivity contribution in [2.45, 2.75) is 19.8 Å². The van der Waals surface area contributed by atoms with Crippen LogP contribution in [0.5, 0.6) is 0 Å². The maximum atomic E-state index is 13.5. The molecule has 0 unspecified atom stereocenters. The molecule has 0 spiro atoms. The molecule has 0 saturated heterocycles. The smallest absolute Gasteiger partial charge is 0.256 e. The molecule has 2 N–H and O–H groups in total. The zero-order valence-corrected chi connectivity index (χ0v) is 10.6. The molecule has 0 aliphatic carbocycles. The molecule has 2 rings (SSSR count). The number of unbranched alkanes of at least 4 members (excludes halogenated alkanes) is 1. The highest BCUT2D eigenvalue weighted by atomic mass is 19.1. The lowest BCUT2D eigenvalue weighted by atomic mass is 10.1. The maximum Gasteiger partial charge on any atom is 0.256 e. The summed E-state index contributed by atoms with van der Waals surface area (Å²) >= 11 is 0. The number of aromatic nitrogens is 1. The average Bonchev–Trinajstić information content (AvgIpc) is 2.40. The summed E-state index contributed by atoms with van der Waals surface area (Å²) in [5, 5.41) is 2.85. The van der Waals surface area contributed by atoms with Gasteiger partial charge in [0.15, 0.2) is 0 Å². The molecular weight excluding hydrogens is 247 g/mol. The standard InChI is InChI=1S/C14H15FN2O2/c1-2-3-7-16-14(19)10-8-17-12-9(13(10)18)5-4-6-11(12)15/h4-6,8H,2-3,7H2,1H3,(H,16,19)(H,17,18). The number of carbonyl (C=O) groups excluding carboxylic acids is 1. The molecular formula is C14H15FN2O2. The van der Waals surface area contributed by atoms with Crippen LogP contribution >= 0.6 is 0 Å². The molecule has 2 aromatic rings. The number of benzene rings is 1. The number of H-pyrrole nitrogens is 1. The summed E-state index contributed by atoms with van der Waals surface area (Å²) in [5.74, 6) is -0.937. The van der Waals surface area contributed by atoms with Crippen LogP contribution in [0.1, 0.15) is 30.1 Å². The number of halogens is 1. The lowest BCUT2D eigenvalue weighted by molar-refractivity contribution is 0.0952. The largest absolute Gasteiger partial charge is 0.358 e. The van der Waals surface area contributed by atoms with E-state index in [2.05, 4.69) is 10.3 Å². The van der Waals surface area contributed by atoms with Crippen LogP contribution < -0.4 is 10.7 Å². The monoisotopic (exact) mass is 262 g/mol. The molecule has 0 saturated carbocycles. The molecule has 0 bridgehead atoms. The molecule has 0 atom stereocenters. The molecule has 0 aliphatic rings. The van der Waals surface area contributed by atoms with Crippen molar-refractivity contribution in [3.05, 3.63) is 46.0 Å². The summed E-state index contributed by atoms with van der Waals surface area (Å²) in [7, 11) is 0. The van der Waals surface area contributed by atoms with Crippen LogP contribution in [0.4, 0.5) is 4.39 Å². The Hall–Kier alpha value is -2.17. The van der Waals surface area contributed by atoms with Gasteiger partial charge in [-0.05, 0) is 18.6 Å². The summed E-state index contributed by atoms with van der Waals surface area (Å²) in [5.41, 5.74) is -0.325. The fourth-order valence-corrected chi connectivity index (χ4v) is 1.86. The topological polar surface area (TPSA) is 62.0 Å². The number of fused-ring (bicyclic) bond motifs is 1. The van der Waals surface area contributed by atoms with E-state index >= 15 is 0 Å². The second-order valence-corrected chi connectivity index (χ2v) is 4.30. The molecule has 0 radical (unpaired) electrons. The molecule has 0 aliphatic heterocycles. The average molecular weight is 262 g/mol. The minimum absolute atomic E-state index is 0.00852. The van der Waals surface area contributed by atoms with Crippen LogP contribution in [0.25, 0.3) is 10.9 Å². The summed E-state index contributed by atoms with van der Waals surface area (Å²) in [6.07, 6.45) is 3.07. The predicted octanol–water partition coefficient (Wildman–Crippen LogP) is 2.20. The Bertz CT molecular complexity index is 664. The fraction of sp³-hybridized carbons (Fsp3) is 0.286. The van der Waals surface area contributed by atoms with Gasteiger partial charge < -0.3 is 10.3 Å². The molecule has 0 fully saturated rings. The van der Waals surface area contributed by atoms with Gasteiger partial charge in [-0.3, -0.25) is 9.59 Å². The van der Waals surface area contributed by atoms with E-state index in [1.165, 1.54) is 24.4 Å². The number of rotatable bonds is 4. The molecule has 1 aromatic heterocycles. The van der Waals surface area contributed by atoms with Gasteiger partial charge >= 0.3 is 0 Å². The van der Waals surface area contributed by atoms with Crippen molar-refractivity contribution in [3.63, 3.8) is 0 Å². The zero-order valence-electron chi connectivity index (χ0n) is 10.6. The maximum absolute atomic E-state index is 13.5. The first kappa shape index (κ1) is 13.3. The van der Waals surface area contributed by atoms with E-state index in [1.807, 2.05) is 6.92 Å². The van der Waals surface area contributed by atoms with E-state index in [0.29, 0.717) is 6.54 Å². The van der Waals surface area contributed by atoms with Gasteiger partial charge in [0.2, 0.25) is 5.43 Å². The molecule has 1 amide bonds. The van der Waals surface area contributed by atoms with Crippen LogP contribution in [-0.2, 0) is 0 Å². The van der Waals surface area contributed by atoms with E-state index < -0.39 is 17.2 Å². The molecule has 100 valence electrons. The Kier molecular flexibility index (Phi) is 3.94. The second-order valence-electron chi connectivity index (χ2n) is 4.30. The number of aromatic amines is 1. The second kappa shape index (κ2) is 5.65. The zero-order chi connectivity index (χ0) is 13.8. The van der Waals surface area contributed by atoms with Crippen LogP contribution in [0, 0.1) is 5.82 Å². The van der Waals surface area contributed by atoms with Crippen molar-refractivity contribution in [1.82, 2.24) is 10.3 Å². The Morgan fingerprint density at radius 1 is 1.42 bits per heavy atom. The predicted molar refractivity (Wildman–Crippen MR) is 71.8 cm³/mol. The van der Waals surface area contributed by atoms with Crippen LogP contribution in [-0.4, -0.2) is 17.4 Å². The molecule has 19 heavy (non-hydrogen) atoms. The van der Waals surface area contributed by atoms with Crippen molar-refractivity contribution in [2.75, 3.05) is 6.54 Å². The van der Waals surface area contributed by atoms with Gasteiger partial charge in [0.1, 0.15) is 11.4 Å². The third kappa shape index (κ3) is 2.65. The van der Waals surface area contributed by atoms with E-state index in [0.717, 1.165) is 12.8 Å². The molecule has 1 heterocycles. The minimum atomic E-state index is -0.507. The van der Waals surface area contributed by atoms with E-state index in [-0.39, 0.29) is 16.5 Å². The fourth-order valence-electron chi connectivity index (χ4n) is 1.86. The van der Waals surface area contributed by atoms with Crippen LogP contribution in [0.15, 0.2) is 29.2 Å². The summed E-state index contributed by atoms with van der Waals surface area (Å²) < 4.78 is 13.5. The van der Waals surface area contributed by atoms with Crippen molar-refractivity contribution in [3.8, 4) is 0 Å². The number of carbonyl (C=O) groups is 1. The van der Waals surface area contributed by atoms with Crippen molar-refractivity contribution >= 4 is 16.8 Å². The first-order valence-corrected chi connectivity index (χ1v) is 6.23. The third-order valence-electron chi connectivity index (χ3n) is 2.92. The minimum Gasteiger partial charge on any atom is -0.358 e. The number of para-hydroxylation sites is 1. The van der Waals surface area contributed by atoms with Gasteiger partial charge in [-0.15, -0.1) is 0 Å². The quantitative estimate of drug-likeness (QED) is 0.830.